The molecule has 0 atom stereocenters. The number of aromatic nitrogens is 2. The van der Waals surface area contributed by atoms with Gasteiger partial charge in [0.1, 0.15) is 5.69 Å². The van der Waals surface area contributed by atoms with Gasteiger partial charge in [0.05, 0.1) is 21.4 Å². The lowest BCUT2D eigenvalue weighted by molar-refractivity contribution is 0.101. The van der Waals surface area contributed by atoms with Crippen LogP contribution in [0.4, 0.5) is 0 Å². The van der Waals surface area contributed by atoms with Crippen molar-refractivity contribution >= 4 is 45.1 Å². The molecule has 0 unspecified atom stereocenters. The van der Waals surface area contributed by atoms with Crippen molar-refractivity contribution in [2.45, 2.75) is 24.8 Å². The van der Waals surface area contributed by atoms with Gasteiger partial charge in [-0.1, -0.05) is 23.7 Å². The predicted molar refractivity (Wildman–Crippen MR) is 86.8 cm³/mol. The van der Waals surface area contributed by atoms with Gasteiger partial charge in [-0.15, -0.1) is 11.8 Å². The van der Waals surface area contributed by atoms with Crippen molar-refractivity contribution in [2.24, 2.45) is 0 Å². The minimum absolute atomic E-state index is 0.0352. The Balaban J connectivity index is 2.13. The zero-order chi connectivity index (χ0) is 14.7. The molecule has 3 nitrogen and oxygen atoms in total. The first-order chi connectivity index (χ1) is 9.50. The first-order valence-corrected chi connectivity index (χ1v) is 8.30. The lowest BCUT2D eigenvalue weighted by atomic mass is 10.3. The number of halogens is 2. The minimum Gasteiger partial charge on any atom is -0.291 e. The van der Waals surface area contributed by atoms with Gasteiger partial charge in [-0.25, -0.2) is 0 Å². The van der Waals surface area contributed by atoms with Crippen molar-refractivity contribution in [3.63, 3.8) is 0 Å². The monoisotopic (exact) mass is 372 g/mol. The van der Waals surface area contributed by atoms with E-state index >= 15 is 0 Å². The number of carbonyl (C=O) groups is 1. The molecule has 0 saturated heterocycles. The molecule has 20 heavy (non-hydrogen) atoms. The summed E-state index contributed by atoms with van der Waals surface area (Å²) in [6.45, 7) is 3.99. The number of ketones is 1. The van der Waals surface area contributed by atoms with E-state index in [-0.39, 0.29) is 11.8 Å². The summed E-state index contributed by atoms with van der Waals surface area (Å²) in [7, 11) is 0. The van der Waals surface area contributed by atoms with Crippen LogP contribution in [-0.2, 0) is 0 Å². The fraction of sp³-hybridized carbons (Fsp3) is 0.286. The van der Waals surface area contributed by atoms with Crippen LogP contribution in [-0.4, -0.2) is 21.3 Å². The van der Waals surface area contributed by atoms with E-state index in [1.54, 1.807) is 10.9 Å². The first kappa shape index (κ1) is 15.6. The van der Waals surface area contributed by atoms with Crippen LogP contribution in [0.5, 0.6) is 0 Å². The van der Waals surface area contributed by atoms with Gasteiger partial charge in [-0.05, 0) is 41.9 Å². The second-order valence-electron chi connectivity index (χ2n) is 4.52. The Bertz CT molecular complexity index is 627. The molecule has 0 N–H and O–H groups in total. The summed E-state index contributed by atoms with van der Waals surface area (Å²) in [4.78, 5) is 13.3. The van der Waals surface area contributed by atoms with Crippen LogP contribution in [0.2, 0.25) is 5.02 Å². The Morgan fingerprint density at radius 1 is 1.45 bits per heavy atom. The Hall–Kier alpha value is -0.780. The number of hydrogen-bond acceptors (Lipinski definition) is 3. The average Bonchev–Trinajstić information content (AvgIpc) is 2.79. The Kier molecular flexibility index (Phi) is 5.29. The molecule has 0 saturated carbocycles. The fourth-order valence-electron chi connectivity index (χ4n) is 1.77. The van der Waals surface area contributed by atoms with Gasteiger partial charge < -0.3 is 0 Å². The van der Waals surface area contributed by atoms with E-state index in [1.165, 1.54) is 11.8 Å². The third kappa shape index (κ3) is 3.45. The number of nitrogens with zero attached hydrogens (tertiary/aromatic N) is 2. The van der Waals surface area contributed by atoms with Crippen LogP contribution in [0.15, 0.2) is 39.8 Å². The number of benzene rings is 1. The topological polar surface area (TPSA) is 34.9 Å². The molecule has 6 heteroatoms. The minimum atomic E-state index is 0.0352. The van der Waals surface area contributed by atoms with Crippen LogP contribution in [0.25, 0.3) is 0 Å². The summed E-state index contributed by atoms with van der Waals surface area (Å²) >= 11 is 10.9. The molecule has 1 aromatic carbocycles. The molecule has 0 amide bonds. The van der Waals surface area contributed by atoms with Gasteiger partial charge in [0, 0.05) is 10.9 Å². The van der Waals surface area contributed by atoms with Crippen molar-refractivity contribution in [3.8, 4) is 0 Å². The molecule has 0 fully saturated rings. The molecule has 1 aromatic heterocycles. The van der Waals surface area contributed by atoms with E-state index in [0.29, 0.717) is 16.5 Å². The van der Waals surface area contributed by atoms with Gasteiger partial charge in [0.15, 0.2) is 5.78 Å². The van der Waals surface area contributed by atoms with Crippen LogP contribution in [0.3, 0.4) is 0 Å². The number of carbonyl (C=O) groups excluding carboxylic acids is 1. The maximum atomic E-state index is 12.4. The van der Waals surface area contributed by atoms with E-state index in [2.05, 4.69) is 21.0 Å². The lowest BCUT2D eigenvalue weighted by Crippen LogP contribution is -2.14. The quantitative estimate of drug-likeness (QED) is 0.555. The van der Waals surface area contributed by atoms with Crippen LogP contribution in [0, 0.1) is 0 Å². The van der Waals surface area contributed by atoms with Gasteiger partial charge in [0.25, 0.3) is 0 Å². The number of rotatable bonds is 5. The van der Waals surface area contributed by atoms with Crippen molar-refractivity contribution in [1.82, 2.24) is 9.78 Å². The molecule has 0 aliphatic carbocycles. The zero-order valence-electron chi connectivity index (χ0n) is 11.1. The van der Waals surface area contributed by atoms with Crippen LogP contribution in [0.1, 0.15) is 30.4 Å². The lowest BCUT2D eigenvalue weighted by Gasteiger charge is -2.10. The van der Waals surface area contributed by atoms with E-state index in [1.807, 2.05) is 38.1 Å². The van der Waals surface area contributed by atoms with Gasteiger partial charge in [-0.3, -0.25) is 9.48 Å². The van der Waals surface area contributed by atoms with E-state index in [9.17, 15) is 4.79 Å². The van der Waals surface area contributed by atoms with Crippen LogP contribution >= 0.6 is 39.3 Å². The highest BCUT2D eigenvalue weighted by atomic mass is 79.9. The average molecular weight is 374 g/mol. The molecule has 0 bridgehead atoms. The third-order valence-corrected chi connectivity index (χ3v) is 4.79. The second-order valence-corrected chi connectivity index (χ2v) is 6.80. The van der Waals surface area contributed by atoms with Gasteiger partial charge in [0.2, 0.25) is 0 Å². The molecular weight excluding hydrogens is 360 g/mol. The fourth-order valence-corrected chi connectivity index (χ4v) is 3.36. The van der Waals surface area contributed by atoms with E-state index in [0.717, 1.165) is 9.37 Å². The van der Waals surface area contributed by atoms with Crippen molar-refractivity contribution in [3.05, 3.63) is 45.7 Å². The number of thioether (sulfide) groups is 1. The molecule has 2 rings (SSSR count). The standard InChI is InChI=1S/C14H14BrClN2OS/c1-9(2)18-14(10(15)7-17-18)12(19)8-20-13-6-4-3-5-11(13)16/h3-7,9H,8H2,1-2H3. The van der Waals surface area contributed by atoms with Gasteiger partial charge in [-0.2, -0.15) is 5.10 Å². The summed E-state index contributed by atoms with van der Waals surface area (Å²) in [6.07, 6.45) is 1.66. The van der Waals surface area contributed by atoms with E-state index < -0.39 is 0 Å². The molecule has 0 aliphatic rings. The summed E-state index contributed by atoms with van der Waals surface area (Å²) in [5, 5.41) is 4.89. The largest absolute Gasteiger partial charge is 0.291 e. The van der Waals surface area contributed by atoms with Crippen LogP contribution < -0.4 is 0 Å². The van der Waals surface area contributed by atoms with Crippen molar-refractivity contribution < 1.29 is 4.79 Å². The molecular formula is C14H14BrClN2OS. The van der Waals surface area contributed by atoms with Crippen molar-refractivity contribution in [1.29, 1.82) is 0 Å². The first-order valence-electron chi connectivity index (χ1n) is 6.14. The Morgan fingerprint density at radius 2 is 2.15 bits per heavy atom. The zero-order valence-corrected chi connectivity index (χ0v) is 14.3. The Morgan fingerprint density at radius 3 is 2.80 bits per heavy atom. The molecule has 0 spiro atoms. The van der Waals surface area contributed by atoms with Crippen molar-refractivity contribution in [2.75, 3.05) is 5.75 Å². The highest BCUT2D eigenvalue weighted by molar-refractivity contribution is 9.10. The molecule has 1 heterocycles. The van der Waals surface area contributed by atoms with Gasteiger partial charge >= 0.3 is 0 Å². The third-order valence-electron chi connectivity index (χ3n) is 2.70. The molecule has 2 aromatic rings. The highest BCUT2D eigenvalue weighted by Crippen LogP contribution is 2.28. The number of hydrogen-bond donors (Lipinski definition) is 0. The summed E-state index contributed by atoms with van der Waals surface area (Å²) < 4.78 is 2.47. The maximum absolute atomic E-state index is 12.4. The smallest absolute Gasteiger partial charge is 0.192 e. The summed E-state index contributed by atoms with van der Waals surface area (Å²) in [5.74, 6) is 0.369. The highest BCUT2D eigenvalue weighted by Gasteiger charge is 2.19. The molecule has 106 valence electrons. The summed E-state index contributed by atoms with van der Waals surface area (Å²) in [6, 6.07) is 7.66. The molecule has 0 radical (unpaired) electrons. The summed E-state index contributed by atoms with van der Waals surface area (Å²) in [5.41, 5.74) is 0.611. The second kappa shape index (κ2) is 6.78. The Labute approximate surface area is 135 Å². The maximum Gasteiger partial charge on any atom is 0.192 e. The SMILES string of the molecule is CC(C)n1ncc(Br)c1C(=O)CSc1ccccc1Cl. The molecule has 0 aliphatic heterocycles. The predicted octanol–water partition coefficient (Wildman–Crippen LogP) is 4.85. The number of Topliss-reactive ketones (excluding diaryl/α,β-unsaturated/α-hetero) is 1. The normalized spacial score (nSPS) is 11.1. The van der Waals surface area contributed by atoms with E-state index in [4.69, 9.17) is 11.6 Å².